The van der Waals surface area contributed by atoms with E-state index in [-0.39, 0.29) is 5.41 Å². The lowest BCUT2D eigenvalue weighted by Gasteiger charge is -2.37. The Balaban J connectivity index is 3.13. The van der Waals surface area contributed by atoms with Gasteiger partial charge in [0.1, 0.15) is 6.29 Å². The molecule has 0 heterocycles. The number of rotatable bonds is 5. The second-order valence-corrected chi connectivity index (χ2v) is 7.43. The Morgan fingerprint density at radius 2 is 1.79 bits per heavy atom. The number of benzene rings is 1. The van der Waals surface area contributed by atoms with Crippen LogP contribution in [-0.2, 0) is 0 Å². The van der Waals surface area contributed by atoms with E-state index in [4.69, 9.17) is 0 Å². The summed E-state index contributed by atoms with van der Waals surface area (Å²) in [6.07, 6.45) is 3.26. The molecule has 0 radical (unpaired) electrons. The summed E-state index contributed by atoms with van der Waals surface area (Å²) in [5.74, 6) is 0.474. The molecule has 0 bridgehead atoms. The van der Waals surface area contributed by atoms with Crippen LogP contribution in [0.15, 0.2) is 24.3 Å². The van der Waals surface area contributed by atoms with Crippen LogP contribution in [0.4, 0.5) is 0 Å². The van der Waals surface area contributed by atoms with Crippen LogP contribution in [-0.4, -0.2) is 6.29 Å². The third-order valence-corrected chi connectivity index (χ3v) is 4.21. The molecule has 0 spiro atoms. The highest BCUT2D eigenvalue weighted by molar-refractivity contribution is 5.75. The molecule has 19 heavy (non-hydrogen) atoms. The molecular weight excluding hydrogens is 232 g/mol. The normalized spacial score (nSPS) is 14.2. The van der Waals surface area contributed by atoms with Crippen molar-refractivity contribution in [3.63, 3.8) is 0 Å². The van der Waals surface area contributed by atoms with Crippen molar-refractivity contribution in [1.82, 2.24) is 0 Å². The maximum atomic E-state index is 11.0. The average molecular weight is 260 g/mol. The Morgan fingerprint density at radius 3 is 2.26 bits per heavy atom. The van der Waals surface area contributed by atoms with Crippen molar-refractivity contribution in [3.05, 3.63) is 35.4 Å². The van der Waals surface area contributed by atoms with Gasteiger partial charge in [0, 0.05) is 5.56 Å². The van der Waals surface area contributed by atoms with Crippen molar-refractivity contribution in [2.24, 2.45) is 10.8 Å². The van der Waals surface area contributed by atoms with E-state index in [0.29, 0.717) is 11.3 Å². The molecule has 0 aliphatic rings. The minimum absolute atomic E-state index is 0.202. The summed E-state index contributed by atoms with van der Waals surface area (Å²) >= 11 is 0. The molecule has 0 N–H and O–H groups in total. The molecule has 106 valence electrons. The smallest absolute Gasteiger partial charge is 0.150 e. The summed E-state index contributed by atoms with van der Waals surface area (Å²) in [6, 6.07) is 8.08. The second-order valence-electron chi connectivity index (χ2n) is 7.43. The molecule has 0 fully saturated rings. The Morgan fingerprint density at radius 1 is 1.16 bits per heavy atom. The van der Waals surface area contributed by atoms with Crippen LogP contribution in [0.5, 0.6) is 0 Å². The van der Waals surface area contributed by atoms with E-state index in [9.17, 15) is 4.79 Å². The van der Waals surface area contributed by atoms with Crippen LogP contribution in [0.3, 0.4) is 0 Å². The summed E-state index contributed by atoms with van der Waals surface area (Å²) < 4.78 is 0. The van der Waals surface area contributed by atoms with Crippen molar-refractivity contribution < 1.29 is 4.79 Å². The Bertz CT molecular complexity index is 424. The second kappa shape index (κ2) is 5.90. The first kappa shape index (κ1) is 15.9. The monoisotopic (exact) mass is 260 g/mol. The molecule has 0 amide bonds. The van der Waals surface area contributed by atoms with E-state index >= 15 is 0 Å². The van der Waals surface area contributed by atoms with Gasteiger partial charge in [-0.15, -0.1) is 0 Å². The van der Waals surface area contributed by atoms with Gasteiger partial charge in [-0.05, 0) is 34.8 Å². The fourth-order valence-corrected chi connectivity index (χ4v) is 2.47. The summed E-state index contributed by atoms with van der Waals surface area (Å²) in [7, 11) is 0. The van der Waals surface area contributed by atoms with Crippen molar-refractivity contribution in [3.8, 4) is 0 Å². The largest absolute Gasteiger partial charge is 0.298 e. The number of aldehydes is 1. The predicted octanol–water partition coefficient (Wildman–Crippen LogP) is 5.46. The molecule has 1 rings (SSSR count). The molecule has 1 heteroatoms. The topological polar surface area (TPSA) is 17.1 Å². The van der Waals surface area contributed by atoms with Crippen LogP contribution in [0, 0.1) is 10.8 Å². The minimum atomic E-state index is 0.202. The molecule has 1 nitrogen and oxygen atoms in total. The fraction of sp³-hybridized carbons (Fsp3) is 0.611. The lowest BCUT2D eigenvalue weighted by molar-refractivity contribution is 0.112. The van der Waals surface area contributed by atoms with Crippen LogP contribution in [0.2, 0.25) is 0 Å². The van der Waals surface area contributed by atoms with Crippen LogP contribution < -0.4 is 0 Å². The third kappa shape index (κ3) is 4.49. The minimum Gasteiger partial charge on any atom is -0.298 e. The van der Waals surface area contributed by atoms with E-state index in [1.807, 2.05) is 12.1 Å². The van der Waals surface area contributed by atoms with Gasteiger partial charge in [-0.2, -0.15) is 0 Å². The van der Waals surface area contributed by atoms with Crippen molar-refractivity contribution in [2.45, 2.75) is 60.3 Å². The van der Waals surface area contributed by atoms with Gasteiger partial charge in [0.25, 0.3) is 0 Å². The first-order valence-corrected chi connectivity index (χ1v) is 7.25. The van der Waals surface area contributed by atoms with Crippen LogP contribution in [0.1, 0.15) is 76.2 Å². The molecule has 1 aromatic carbocycles. The van der Waals surface area contributed by atoms with Gasteiger partial charge in [-0.3, -0.25) is 4.79 Å². The summed E-state index contributed by atoms with van der Waals surface area (Å²) in [6.45, 7) is 13.8. The molecule has 0 saturated carbocycles. The average Bonchev–Trinajstić information content (AvgIpc) is 2.35. The van der Waals surface area contributed by atoms with Gasteiger partial charge in [0.2, 0.25) is 0 Å². The van der Waals surface area contributed by atoms with Gasteiger partial charge < -0.3 is 0 Å². The van der Waals surface area contributed by atoms with Gasteiger partial charge >= 0.3 is 0 Å². The number of hydrogen-bond donors (Lipinski definition) is 0. The lowest BCUT2D eigenvalue weighted by Crippen LogP contribution is -2.25. The van der Waals surface area contributed by atoms with Gasteiger partial charge in [-0.25, -0.2) is 0 Å². The van der Waals surface area contributed by atoms with E-state index in [2.05, 4.69) is 53.7 Å². The number of hydrogen-bond acceptors (Lipinski definition) is 1. The van der Waals surface area contributed by atoms with E-state index < -0.39 is 0 Å². The van der Waals surface area contributed by atoms with E-state index in [1.54, 1.807) is 0 Å². The Labute approximate surface area is 118 Å². The number of carbonyl (C=O) groups excluding carboxylic acids is 1. The molecule has 1 unspecified atom stereocenters. The van der Waals surface area contributed by atoms with E-state index in [1.165, 1.54) is 12.0 Å². The molecule has 0 aromatic heterocycles. The molecular formula is C18H28O. The van der Waals surface area contributed by atoms with Gasteiger partial charge in [0.05, 0.1) is 0 Å². The quantitative estimate of drug-likeness (QED) is 0.643. The lowest BCUT2D eigenvalue weighted by atomic mass is 9.68. The maximum Gasteiger partial charge on any atom is 0.150 e. The van der Waals surface area contributed by atoms with Crippen molar-refractivity contribution >= 4 is 6.29 Å². The Kier molecular flexibility index (Phi) is 4.95. The SMILES string of the molecule is CCC(C)(C)CC(c1cccc(C=O)c1)C(C)(C)C. The fourth-order valence-electron chi connectivity index (χ4n) is 2.47. The first-order valence-electron chi connectivity index (χ1n) is 7.25. The summed E-state index contributed by atoms with van der Waals surface area (Å²) in [5, 5.41) is 0. The molecule has 0 saturated heterocycles. The number of carbonyl (C=O) groups is 1. The maximum absolute atomic E-state index is 11.0. The highest BCUT2D eigenvalue weighted by atomic mass is 16.1. The zero-order valence-corrected chi connectivity index (χ0v) is 13.3. The highest BCUT2D eigenvalue weighted by Crippen LogP contribution is 2.44. The molecule has 1 aromatic rings. The zero-order valence-electron chi connectivity index (χ0n) is 13.3. The van der Waals surface area contributed by atoms with Crippen LogP contribution >= 0.6 is 0 Å². The molecule has 0 aliphatic carbocycles. The van der Waals surface area contributed by atoms with Crippen molar-refractivity contribution in [1.29, 1.82) is 0 Å². The van der Waals surface area contributed by atoms with Crippen molar-refractivity contribution in [2.75, 3.05) is 0 Å². The molecule has 1 atom stereocenters. The third-order valence-electron chi connectivity index (χ3n) is 4.21. The van der Waals surface area contributed by atoms with Gasteiger partial charge in [0.15, 0.2) is 0 Å². The first-order chi connectivity index (χ1) is 8.69. The van der Waals surface area contributed by atoms with Crippen LogP contribution in [0.25, 0.3) is 0 Å². The van der Waals surface area contributed by atoms with E-state index in [0.717, 1.165) is 18.3 Å². The standard InChI is InChI=1S/C18H28O/c1-7-18(5,6)12-16(17(2,3)4)15-10-8-9-14(11-15)13-19/h8-11,13,16H,7,12H2,1-6H3. The predicted molar refractivity (Wildman–Crippen MR) is 82.7 cm³/mol. The summed E-state index contributed by atoms with van der Waals surface area (Å²) in [4.78, 5) is 11.0. The Hall–Kier alpha value is -1.11. The zero-order chi connectivity index (χ0) is 14.7. The van der Waals surface area contributed by atoms with Gasteiger partial charge in [-0.1, -0.05) is 66.2 Å². The highest BCUT2D eigenvalue weighted by Gasteiger charge is 2.31. The summed E-state index contributed by atoms with van der Waals surface area (Å²) in [5.41, 5.74) is 2.60. The molecule has 0 aliphatic heterocycles.